The van der Waals surface area contributed by atoms with Crippen LogP contribution in [-0.4, -0.2) is 24.2 Å². The maximum absolute atomic E-state index is 10.8. The van der Waals surface area contributed by atoms with E-state index in [0.29, 0.717) is 0 Å². The largest absolute Gasteiger partial charge is 0.480 e. The van der Waals surface area contributed by atoms with Gasteiger partial charge in [-0.3, -0.25) is 4.79 Å². The van der Waals surface area contributed by atoms with Crippen LogP contribution in [0.25, 0.3) is 0 Å². The SMILES string of the molecule is C=CCCCN(CC(=O)O)c1ccccc1. The molecular weight excluding hydrogens is 202 g/mol. The normalized spacial score (nSPS) is 9.75. The van der Waals surface area contributed by atoms with Crippen LogP contribution in [0.1, 0.15) is 12.8 Å². The number of benzene rings is 1. The number of carbonyl (C=O) groups is 1. The van der Waals surface area contributed by atoms with Gasteiger partial charge in [0, 0.05) is 12.2 Å². The zero-order valence-electron chi connectivity index (χ0n) is 9.30. The molecule has 0 saturated carbocycles. The third-order valence-corrected chi connectivity index (χ3v) is 2.28. The molecule has 0 aliphatic rings. The highest BCUT2D eigenvalue weighted by atomic mass is 16.4. The van der Waals surface area contributed by atoms with E-state index in [1.54, 1.807) is 0 Å². The van der Waals surface area contributed by atoms with Gasteiger partial charge in [0.05, 0.1) is 0 Å². The Morgan fingerprint density at radius 1 is 1.38 bits per heavy atom. The van der Waals surface area contributed by atoms with Gasteiger partial charge in [0.25, 0.3) is 0 Å². The minimum atomic E-state index is -0.803. The van der Waals surface area contributed by atoms with Gasteiger partial charge in [-0.1, -0.05) is 24.3 Å². The number of rotatable bonds is 7. The van der Waals surface area contributed by atoms with Crippen LogP contribution in [0, 0.1) is 0 Å². The lowest BCUT2D eigenvalue weighted by molar-refractivity contribution is -0.135. The van der Waals surface area contributed by atoms with Crippen molar-refractivity contribution in [1.29, 1.82) is 0 Å². The monoisotopic (exact) mass is 219 g/mol. The lowest BCUT2D eigenvalue weighted by Crippen LogP contribution is -2.30. The molecule has 16 heavy (non-hydrogen) atoms. The van der Waals surface area contributed by atoms with Gasteiger partial charge >= 0.3 is 5.97 Å². The summed E-state index contributed by atoms with van der Waals surface area (Å²) in [5.41, 5.74) is 0.953. The second-order valence-corrected chi connectivity index (χ2v) is 3.58. The van der Waals surface area contributed by atoms with Crippen LogP contribution in [0.4, 0.5) is 5.69 Å². The molecule has 1 aromatic carbocycles. The Hall–Kier alpha value is -1.77. The minimum absolute atomic E-state index is 0.0428. The Labute approximate surface area is 96.0 Å². The summed E-state index contributed by atoms with van der Waals surface area (Å²) in [6.07, 6.45) is 3.68. The summed E-state index contributed by atoms with van der Waals surface area (Å²) in [6.45, 7) is 4.44. The van der Waals surface area contributed by atoms with Crippen molar-refractivity contribution in [2.24, 2.45) is 0 Å². The van der Waals surface area contributed by atoms with Gasteiger partial charge in [-0.05, 0) is 25.0 Å². The van der Waals surface area contributed by atoms with Crippen molar-refractivity contribution in [3.8, 4) is 0 Å². The standard InChI is InChI=1S/C13H17NO2/c1-2-3-7-10-14(11-13(15)16)12-8-5-4-6-9-12/h2,4-6,8-9H,1,3,7,10-11H2,(H,15,16). The number of para-hydroxylation sites is 1. The predicted octanol–water partition coefficient (Wildman–Crippen LogP) is 2.54. The molecule has 1 rings (SSSR count). The Morgan fingerprint density at radius 2 is 2.06 bits per heavy atom. The molecule has 0 atom stereocenters. The van der Waals surface area contributed by atoms with Crippen molar-refractivity contribution in [3.05, 3.63) is 43.0 Å². The van der Waals surface area contributed by atoms with Gasteiger partial charge in [0.2, 0.25) is 0 Å². The van der Waals surface area contributed by atoms with E-state index >= 15 is 0 Å². The average Bonchev–Trinajstić information content (AvgIpc) is 2.29. The molecule has 0 amide bonds. The number of hydrogen-bond donors (Lipinski definition) is 1. The molecule has 0 spiro atoms. The average molecular weight is 219 g/mol. The summed E-state index contributed by atoms with van der Waals surface area (Å²) in [6, 6.07) is 9.61. The van der Waals surface area contributed by atoms with Gasteiger partial charge < -0.3 is 10.0 Å². The third-order valence-electron chi connectivity index (χ3n) is 2.28. The van der Waals surface area contributed by atoms with E-state index in [1.807, 2.05) is 41.3 Å². The van der Waals surface area contributed by atoms with Crippen molar-refractivity contribution < 1.29 is 9.90 Å². The molecule has 0 aromatic heterocycles. The van der Waals surface area contributed by atoms with Gasteiger partial charge in [-0.2, -0.15) is 0 Å². The number of carboxylic acids is 1. The number of aliphatic carboxylic acids is 1. The van der Waals surface area contributed by atoms with E-state index in [4.69, 9.17) is 5.11 Å². The number of unbranched alkanes of at least 4 members (excludes halogenated alkanes) is 1. The predicted molar refractivity (Wildman–Crippen MR) is 65.7 cm³/mol. The first-order valence-electron chi connectivity index (χ1n) is 5.36. The number of allylic oxidation sites excluding steroid dienone is 1. The first-order chi connectivity index (χ1) is 7.74. The Balaban J connectivity index is 2.63. The van der Waals surface area contributed by atoms with Gasteiger partial charge in [0.15, 0.2) is 0 Å². The number of nitrogens with zero attached hydrogens (tertiary/aromatic N) is 1. The van der Waals surface area contributed by atoms with E-state index in [2.05, 4.69) is 6.58 Å². The summed E-state index contributed by atoms with van der Waals surface area (Å²) in [7, 11) is 0. The first-order valence-corrected chi connectivity index (χ1v) is 5.36. The fourth-order valence-corrected chi connectivity index (χ4v) is 1.53. The van der Waals surface area contributed by atoms with E-state index in [9.17, 15) is 4.79 Å². The molecule has 0 bridgehead atoms. The molecule has 0 aliphatic heterocycles. The molecule has 3 heteroatoms. The fraction of sp³-hybridized carbons (Fsp3) is 0.308. The molecule has 0 aliphatic carbocycles. The Kier molecular flexibility index (Phi) is 5.12. The van der Waals surface area contributed by atoms with Crippen molar-refractivity contribution in [3.63, 3.8) is 0 Å². The lowest BCUT2D eigenvalue weighted by atomic mass is 10.2. The van der Waals surface area contributed by atoms with Crippen LogP contribution in [-0.2, 0) is 4.79 Å². The van der Waals surface area contributed by atoms with E-state index in [-0.39, 0.29) is 6.54 Å². The van der Waals surface area contributed by atoms with Crippen LogP contribution in [0.2, 0.25) is 0 Å². The lowest BCUT2D eigenvalue weighted by Gasteiger charge is -2.22. The van der Waals surface area contributed by atoms with E-state index in [1.165, 1.54) is 0 Å². The first kappa shape index (κ1) is 12.3. The van der Waals surface area contributed by atoms with Crippen molar-refractivity contribution in [2.75, 3.05) is 18.0 Å². The number of hydrogen-bond acceptors (Lipinski definition) is 2. The van der Waals surface area contributed by atoms with Crippen molar-refractivity contribution in [2.45, 2.75) is 12.8 Å². The Bertz CT molecular complexity index is 335. The zero-order chi connectivity index (χ0) is 11.8. The number of anilines is 1. The molecule has 1 aromatic rings. The Morgan fingerprint density at radius 3 is 2.62 bits per heavy atom. The highest BCUT2D eigenvalue weighted by molar-refractivity contribution is 5.73. The molecule has 0 heterocycles. The molecular formula is C13H17NO2. The summed E-state index contributed by atoms with van der Waals surface area (Å²) in [5.74, 6) is -0.803. The summed E-state index contributed by atoms with van der Waals surface area (Å²) < 4.78 is 0. The molecule has 3 nitrogen and oxygen atoms in total. The third kappa shape index (κ3) is 4.17. The van der Waals surface area contributed by atoms with Crippen LogP contribution in [0.15, 0.2) is 43.0 Å². The zero-order valence-corrected chi connectivity index (χ0v) is 9.30. The molecule has 1 N–H and O–H groups in total. The van der Waals surface area contributed by atoms with Gasteiger partial charge in [-0.15, -0.1) is 6.58 Å². The molecule has 0 saturated heterocycles. The van der Waals surface area contributed by atoms with Crippen LogP contribution in [0.3, 0.4) is 0 Å². The van der Waals surface area contributed by atoms with Crippen LogP contribution in [0.5, 0.6) is 0 Å². The highest BCUT2D eigenvalue weighted by Gasteiger charge is 2.09. The maximum Gasteiger partial charge on any atom is 0.323 e. The molecule has 86 valence electrons. The van der Waals surface area contributed by atoms with Gasteiger partial charge in [0.1, 0.15) is 6.54 Å². The number of carboxylic acid groups (broad SMARTS) is 1. The molecule has 0 radical (unpaired) electrons. The summed E-state index contributed by atoms with van der Waals surface area (Å²) >= 11 is 0. The summed E-state index contributed by atoms with van der Waals surface area (Å²) in [4.78, 5) is 12.6. The quantitative estimate of drug-likeness (QED) is 0.566. The topological polar surface area (TPSA) is 40.5 Å². The molecule has 0 unspecified atom stereocenters. The van der Waals surface area contributed by atoms with E-state index < -0.39 is 5.97 Å². The second kappa shape index (κ2) is 6.67. The maximum atomic E-state index is 10.8. The minimum Gasteiger partial charge on any atom is -0.480 e. The molecule has 0 fully saturated rings. The summed E-state index contributed by atoms with van der Waals surface area (Å²) in [5, 5.41) is 8.84. The highest BCUT2D eigenvalue weighted by Crippen LogP contribution is 2.13. The smallest absolute Gasteiger partial charge is 0.323 e. The van der Waals surface area contributed by atoms with Crippen LogP contribution < -0.4 is 4.90 Å². The second-order valence-electron chi connectivity index (χ2n) is 3.58. The van der Waals surface area contributed by atoms with Gasteiger partial charge in [-0.25, -0.2) is 0 Å². The van der Waals surface area contributed by atoms with Crippen LogP contribution >= 0.6 is 0 Å². The fourth-order valence-electron chi connectivity index (χ4n) is 1.53. The van der Waals surface area contributed by atoms with Crippen molar-refractivity contribution >= 4 is 11.7 Å². The van der Waals surface area contributed by atoms with E-state index in [0.717, 1.165) is 25.1 Å². The van der Waals surface area contributed by atoms with Crippen molar-refractivity contribution in [1.82, 2.24) is 0 Å².